The van der Waals surface area contributed by atoms with E-state index >= 15 is 0 Å². The molecular formula is C10H10Cl2O2Te. The molecule has 1 aliphatic rings. The minimum atomic E-state index is -2.99. The molecule has 0 radical (unpaired) electrons. The number of rotatable bonds is 2. The molecule has 2 rings (SSSR count). The van der Waals surface area contributed by atoms with Gasteiger partial charge in [0, 0.05) is 0 Å². The van der Waals surface area contributed by atoms with Crippen LogP contribution in [0.3, 0.4) is 0 Å². The van der Waals surface area contributed by atoms with Crippen LogP contribution in [-0.2, 0) is 3.10 Å². The molecule has 1 atom stereocenters. The Labute approximate surface area is 102 Å². The van der Waals surface area contributed by atoms with Gasteiger partial charge in [-0.1, -0.05) is 0 Å². The van der Waals surface area contributed by atoms with Gasteiger partial charge in [0.1, 0.15) is 0 Å². The Bertz CT molecular complexity index is 391. The summed E-state index contributed by atoms with van der Waals surface area (Å²) in [5, 5.41) is 0.710. The number of methoxy groups -OCH3 is 1. The molecule has 0 saturated heterocycles. The van der Waals surface area contributed by atoms with Gasteiger partial charge in [-0.25, -0.2) is 0 Å². The van der Waals surface area contributed by atoms with Crippen molar-refractivity contribution in [1.29, 1.82) is 0 Å². The van der Waals surface area contributed by atoms with Crippen LogP contribution in [-0.4, -0.2) is 31.2 Å². The first kappa shape index (κ1) is 11.6. The Morgan fingerprint density at radius 1 is 1.33 bits per heavy atom. The fourth-order valence-corrected chi connectivity index (χ4v) is 8.79. The summed E-state index contributed by atoms with van der Waals surface area (Å²) < 4.78 is 13.6. The van der Waals surface area contributed by atoms with Crippen molar-refractivity contribution in [2.75, 3.05) is 13.7 Å². The van der Waals surface area contributed by atoms with Crippen molar-refractivity contribution in [1.82, 2.24) is 0 Å². The van der Waals surface area contributed by atoms with Crippen LogP contribution in [0.1, 0.15) is 0 Å². The summed E-state index contributed by atoms with van der Waals surface area (Å²) in [4.78, 5) is 0. The van der Waals surface area contributed by atoms with Crippen molar-refractivity contribution in [2.24, 2.45) is 0 Å². The van der Waals surface area contributed by atoms with Crippen LogP contribution in [0.5, 0.6) is 5.75 Å². The Morgan fingerprint density at radius 2 is 2.00 bits per heavy atom. The van der Waals surface area contributed by atoms with E-state index in [1.54, 1.807) is 7.11 Å². The Kier molecular flexibility index (Phi) is 3.49. The van der Waals surface area contributed by atoms with Crippen molar-refractivity contribution in [2.45, 2.75) is 0 Å². The average molecular weight is 361 g/mol. The molecule has 0 bridgehead atoms. The van der Waals surface area contributed by atoms with E-state index in [-0.39, 0.29) is 0 Å². The molecule has 15 heavy (non-hydrogen) atoms. The monoisotopic (exact) mass is 362 g/mol. The zero-order valence-electron chi connectivity index (χ0n) is 8.07. The summed E-state index contributed by atoms with van der Waals surface area (Å²) in [6.07, 6.45) is 0. The van der Waals surface area contributed by atoms with Crippen molar-refractivity contribution in [3.8, 4) is 5.75 Å². The number of benzene rings is 1. The van der Waals surface area contributed by atoms with Crippen LogP contribution in [0.15, 0.2) is 33.4 Å². The summed E-state index contributed by atoms with van der Waals surface area (Å²) in [5.74, 6) is 0.815. The van der Waals surface area contributed by atoms with Crippen molar-refractivity contribution in [3.05, 3.63) is 33.4 Å². The van der Waals surface area contributed by atoms with E-state index < -0.39 is 17.5 Å². The molecule has 0 amide bonds. The van der Waals surface area contributed by atoms with E-state index in [0.29, 0.717) is 11.6 Å². The van der Waals surface area contributed by atoms with Crippen LogP contribution in [0.25, 0.3) is 0 Å². The van der Waals surface area contributed by atoms with Crippen LogP contribution in [0.4, 0.5) is 0 Å². The van der Waals surface area contributed by atoms with Crippen molar-refractivity contribution >= 4 is 41.6 Å². The zero-order chi connectivity index (χ0) is 10.9. The number of ether oxygens (including phenoxy) is 1. The summed E-state index contributed by atoms with van der Waals surface area (Å²) in [5.41, 5.74) is 0. The third-order valence-electron chi connectivity index (χ3n) is 2.03. The molecule has 1 aromatic carbocycles. The zero-order valence-corrected chi connectivity index (χ0v) is 11.9. The summed E-state index contributed by atoms with van der Waals surface area (Å²) in [6.45, 7) is 0.443. The number of hydrogen-bond donors (Lipinski definition) is 0. The molecule has 0 N–H and O–H groups in total. The summed E-state index contributed by atoms with van der Waals surface area (Å²) in [6, 6.07) is 7.65. The Balaban J connectivity index is 2.30. The topological polar surface area (TPSA) is 18.5 Å². The summed E-state index contributed by atoms with van der Waals surface area (Å²) in [7, 11) is 8.09. The summed E-state index contributed by atoms with van der Waals surface area (Å²) >= 11 is 2.88. The first-order chi connectivity index (χ1) is 7.14. The Morgan fingerprint density at radius 3 is 2.47 bits per heavy atom. The van der Waals surface area contributed by atoms with Gasteiger partial charge in [0.25, 0.3) is 0 Å². The Hall–Kier alpha value is 0.0896. The molecule has 0 aliphatic carbocycles. The van der Waals surface area contributed by atoms with Crippen LogP contribution in [0, 0.1) is 0 Å². The van der Waals surface area contributed by atoms with Gasteiger partial charge in [-0.05, 0) is 0 Å². The first-order valence-electron chi connectivity index (χ1n) is 4.31. The normalized spacial score (nSPS) is 29.4. The molecular weight excluding hydrogens is 351 g/mol. The van der Waals surface area contributed by atoms with Crippen molar-refractivity contribution < 1.29 is 7.84 Å². The second kappa shape index (κ2) is 4.53. The second-order valence-electron chi connectivity index (χ2n) is 3.03. The molecule has 1 unspecified atom stereocenters. The van der Waals surface area contributed by atoms with Crippen LogP contribution in [0.2, 0.25) is 0 Å². The van der Waals surface area contributed by atoms with Crippen LogP contribution >= 0.6 is 20.6 Å². The fraction of sp³-hybridized carbons (Fsp3) is 0.200. The van der Waals surface area contributed by atoms with Crippen LogP contribution < -0.4 is 8.35 Å². The molecule has 0 aromatic heterocycles. The molecule has 82 valence electrons. The van der Waals surface area contributed by atoms with E-state index in [1.807, 2.05) is 28.4 Å². The number of hydrogen-bond acceptors (Lipinski definition) is 2. The van der Waals surface area contributed by atoms with E-state index in [4.69, 9.17) is 28.4 Å². The molecule has 1 heterocycles. The fourth-order valence-electron chi connectivity index (χ4n) is 1.27. The quantitative estimate of drug-likeness (QED) is 0.753. The van der Waals surface area contributed by atoms with Crippen molar-refractivity contribution in [3.63, 3.8) is 0 Å². The maximum absolute atomic E-state index is 6.45. The standard InChI is InChI=1S/C10H10Cl2O2Te/c1-13-9-2-4-10(5-3-9)15(12)7-8(11)6-14-15/h2-5,7H,6H2,1H3. The molecule has 0 fully saturated rings. The maximum atomic E-state index is 6.45. The van der Waals surface area contributed by atoms with Gasteiger partial charge < -0.3 is 0 Å². The van der Waals surface area contributed by atoms with Gasteiger partial charge >= 0.3 is 102 Å². The molecule has 2 nitrogen and oxygen atoms in total. The van der Waals surface area contributed by atoms with Gasteiger partial charge in [-0.2, -0.15) is 0 Å². The van der Waals surface area contributed by atoms with Gasteiger partial charge in [0.15, 0.2) is 0 Å². The minimum absolute atomic E-state index is 0.443. The van der Waals surface area contributed by atoms with E-state index in [1.165, 1.54) is 0 Å². The third kappa shape index (κ3) is 2.43. The average Bonchev–Trinajstić information content (AvgIpc) is 2.60. The molecule has 5 heteroatoms. The van der Waals surface area contributed by atoms with E-state index in [2.05, 4.69) is 0 Å². The molecule has 0 spiro atoms. The predicted molar refractivity (Wildman–Crippen MR) is 64.1 cm³/mol. The second-order valence-corrected chi connectivity index (χ2v) is 12.3. The van der Waals surface area contributed by atoms with Gasteiger partial charge in [0.05, 0.1) is 0 Å². The van der Waals surface area contributed by atoms with E-state index in [9.17, 15) is 0 Å². The van der Waals surface area contributed by atoms with E-state index in [0.717, 1.165) is 9.36 Å². The molecule has 1 aromatic rings. The SMILES string of the molecule is COc1ccc([Te]2(Cl)C=C(Cl)CO2)cc1. The number of halogens is 2. The third-order valence-corrected chi connectivity index (χ3v) is 10.6. The van der Waals surface area contributed by atoms with Gasteiger partial charge in [0.2, 0.25) is 0 Å². The van der Waals surface area contributed by atoms with Gasteiger partial charge in [-0.15, -0.1) is 0 Å². The van der Waals surface area contributed by atoms with Gasteiger partial charge in [-0.3, -0.25) is 0 Å². The first-order valence-corrected chi connectivity index (χ1v) is 11.1. The molecule has 0 saturated carbocycles. The molecule has 1 aliphatic heterocycles. The predicted octanol–water partition coefficient (Wildman–Crippen LogP) is 2.28.